The van der Waals surface area contributed by atoms with E-state index in [0.29, 0.717) is 0 Å². The van der Waals surface area contributed by atoms with E-state index in [2.05, 4.69) is 42.4 Å². The number of nitrogens with zero attached hydrogens (tertiary/aromatic N) is 2. The highest BCUT2D eigenvalue weighted by Crippen LogP contribution is 2.07. The first-order valence-corrected chi connectivity index (χ1v) is 7.33. The van der Waals surface area contributed by atoms with Gasteiger partial charge in [0, 0.05) is 6.42 Å². The van der Waals surface area contributed by atoms with Crippen molar-refractivity contribution in [3.63, 3.8) is 0 Å². The van der Waals surface area contributed by atoms with E-state index in [1.807, 2.05) is 0 Å². The highest BCUT2D eigenvalue weighted by molar-refractivity contribution is 4.83. The van der Waals surface area contributed by atoms with Gasteiger partial charge in [0.05, 0.1) is 13.6 Å². The molecule has 0 amide bonds. The van der Waals surface area contributed by atoms with Gasteiger partial charge in [0.2, 0.25) is 0 Å². The Morgan fingerprint density at radius 3 is 2.41 bits per heavy atom. The molecular formula is C15H29N2+. The molecular weight excluding hydrogens is 208 g/mol. The molecule has 0 radical (unpaired) electrons. The highest BCUT2D eigenvalue weighted by Gasteiger charge is 2.12. The molecule has 1 rings (SSSR count). The van der Waals surface area contributed by atoms with E-state index in [-0.39, 0.29) is 0 Å². The lowest BCUT2D eigenvalue weighted by atomic mass is 10.1. The second-order valence-electron chi connectivity index (χ2n) is 5.04. The molecule has 0 atom stereocenters. The lowest BCUT2D eigenvalue weighted by molar-refractivity contribution is -0.678. The fourth-order valence-electron chi connectivity index (χ4n) is 2.36. The Bertz CT molecular complexity index is 302. The van der Waals surface area contributed by atoms with Crippen LogP contribution in [0.4, 0.5) is 0 Å². The molecule has 0 saturated heterocycles. The third kappa shape index (κ3) is 4.93. The summed E-state index contributed by atoms with van der Waals surface area (Å²) in [6.45, 7) is 5.72. The van der Waals surface area contributed by atoms with E-state index in [9.17, 15) is 0 Å². The molecule has 0 unspecified atom stereocenters. The zero-order chi connectivity index (χ0) is 12.5. The number of rotatable bonds is 9. The minimum Gasteiger partial charge on any atom is -0.237 e. The summed E-state index contributed by atoms with van der Waals surface area (Å²) in [6.07, 6.45) is 15.1. The van der Waals surface area contributed by atoms with Crippen LogP contribution in [-0.2, 0) is 20.0 Å². The van der Waals surface area contributed by atoms with Crippen molar-refractivity contribution in [1.82, 2.24) is 4.57 Å². The molecule has 0 aliphatic carbocycles. The van der Waals surface area contributed by atoms with Gasteiger partial charge < -0.3 is 0 Å². The van der Waals surface area contributed by atoms with Gasteiger partial charge in [-0.3, -0.25) is 0 Å². The van der Waals surface area contributed by atoms with E-state index >= 15 is 0 Å². The molecule has 1 aromatic heterocycles. The largest absolute Gasteiger partial charge is 0.256 e. The number of aromatic nitrogens is 2. The van der Waals surface area contributed by atoms with Crippen LogP contribution in [0.2, 0.25) is 0 Å². The van der Waals surface area contributed by atoms with Crippen LogP contribution in [0.1, 0.15) is 64.6 Å². The van der Waals surface area contributed by atoms with Gasteiger partial charge in [-0.05, 0) is 19.3 Å². The molecule has 2 nitrogen and oxygen atoms in total. The molecule has 1 aromatic rings. The highest BCUT2D eigenvalue weighted by atomic mass is 15.1. The SMILES string of the molecule is CCCCCCCCn1cc[n+](C)c1CCC. The predicted molar refractivity (Wildman–Crippen MR) is 73.0 cm³/mol. The summed E-state index contributed by atoms with van der Waals surface area (Å²) in [7, 11) is 2.16. The monoisotopic (exact) mass is 237 g/mol. The average molecular weight is 237 g/mol. The summed E-state index contributed by atoms with van der Waals surface area (Å²) in [5.41, 5.74) is 0. The lowest BCUT2D eigenvalue weighted by Crippen LogP contribution is -2.32. The van der Waals surface area contributed by atoms with Crippen molar-refractivity contribution < 1.29 is 4.57 Å². The van der Waals surface area contributed by atoms with Crippen molar-refractivity contribution in [2.24, 2.45) is 7.05 Å². The Balaban J connectivity index is 2.26. The molecule has 0 spiro atoms. The molecule has 0 saturated carbocycles. The number of imidazole rings is 1. The Labute approximate surface area is 107 Å². The molecule has 0 bridgehead atoms. The molecule has 0 aliphatic rings. The zero-order valence-corrected chi connectivity index (χ0v) is 11.9. The quantitative estimate of drug-likeness (QED) is 0.458. The second kappa shape index (κ2) is 8.32. The topological polar surface area (TPSA) is 8.81 Å². The van der Waals surface area contributed by atoms with E-state index in [0.717, 1.165) is 0 Å². The smallest absolute Gasteiger partial charge is 0.237 e. The minimum atomic E-state index is 1.19. The van der Waals surface area contributed by atoms with Crippen LogP contribution in [0.5, 0.6) is 0 Å². The first kappa shape index (κ1) is 14.3. The van der Waals surface area contributed by atoms with Crippen LogP contribution in [0.25, 0.3) is 0 Å². The Morgan fingerprint density at radius 1 is 1.00 bits per heavy atom. The number of unbranched alkanes of at least 4 members (excludes halogenated alkanes) is 5. The van der Waals surface area contributed by atoms with Gasteiger partial charge in [0.15, 0.2) is 0 Å². The third-order valence-electron chi connectivity index (χ3n) is 3.44. The summed E-state index contributed by atoms with van der Waals surface area (Å²) >= 11 is 0. The Kier molecular flexibility index (Phi) is 6.99. The van der Waals surface area contributed by atoms with Crippen molar-refractivity contribution in [3.8, 4) is 0 Å². The predicted octanol–water partition coefficient (Wildman–Crippen LogP) is 3.63. The minimum absolute atomic E-state index is 1.19. The molecule has 0 aliphatic heterocycles. The number of aryl methyl sites for hydroxylation is 2. The molecule has 1 heterocycles. The molecule has 98 valence electrons. The standard InChI is InChI=1S/C15H29N2/c1-4-6-7-8-9-10-12-17-14-13-16(3)15(17)11-5-2/h13-14H,4-12H2,1-3H3/q+1. The molecule has 0 fully saturated rings. The van der Waals surface area contributed by atoms with Crippen LogP contribution in [0.3, 0.4) is 0 Å². The first-order valence-electron chi connectivity index (χ1n) is 7.33. The van der Waals surface area contributed by atoms with Crippen LogP contribution < -0.4 is 4.57 Å². The maximum atomic E-state index is 2.43. The van der Waals surface area contributed by atoms with E-state index in [4.69, 9.17) is 0 Å². The maximum absolute atomic E-state index is 2.43. The maximum Gasteiger partial charge on any atom is 0.256 e. The van der Waals surface area contributed by atoms with Gasteiger partial charge >= 0.3 is 0 Å². The third-order valence-corrected chi connectivity index (χ3v) is 3.44. The summed E-state index contributed by atoms with van der Waals surface area (Å²) in [4.78, 5) is 0. The average Bonchev–Trinajstić information content (AvgIpc) is 2.66. The molecule has 17 heavy (non-hydrogen) atoms. The summed E-state index contributed by atoms with van der Waals surface area (Å²) in [5, 5.41) is 0. The van der Waals surface area contributed by atoms with Crippen molar-refractivity contribution in [2.45, 2.75) is 71.8 Å². The van der Waals surface area contributed by atoms with Gasteiger partial charge in [-0.2, -0.15) is 0 Å². The first-order chi connectivity index (χ1) is 8.29. The van der Waals surface area contributed by atoms with Gasteiger partial charge in [-0.15, -0.1) is 0 Å². The van der Waals surface area contributed by atoms with Crippen molar-refractivity contribution in [2.75, 3.05) is 0 Å². The Morgan fingerprint density at radius 2 is 1.71 bits per heavy atom. The summed E-state index contributed by atoms with van der Waals surface area (Å²) in [5.74, 6) is 1.47. The van der Waals surface area contributed by atoms with Crippen molar-refractivity contribution in [1.29, 1.82) is 0 Å². The van der Waals surface area contributed by atoms with E-state index in [1.54, 1.807) is 0 Å². The van der Waals surface area contributed by atoms with Crippen LogP contribution >= 0.6 is 0 Å². The van der Waals surface area contributed by atoms with Crippen LogP contribution in [-0.4, -0.2) is 4.57 Å². The fraction of sp³-hybridized carbons (Fsp3) is 0.800. The van der Waals surface area contributed by atoms with Crippen LogP contribution in [0, 0.1) is 0 Å². The fourth-order valence-corrected chi connectivity index (χ4v) is 2.36. The number of hydrogen-bond acceptors (Lipinski definition) is 0. The van der Waals surface area contributed by atoms with E-state index in [1.165, 1.54) is 63.7 Å². The van der Waals surface area contributed by atoms with Crippen LogP contribution in [0.15, 0.2) is 12.4 Å². The number of hydrogen-bond donors (Lipinski definition) is 0. The van der Waals surface area contributed by atoms with E-state index < -0.39 is 0 Å². The zero-order valence-electron chi connectivity index (χ0n) is 11.9. The molecule has 0 aromatic carbocycles. The Hall–Kier alpha value is -0.790. The van der Waals surface area contributed by atoms with Gasteiger partial charge in [-0.25, -0.2) is 9.13 Å². The normalized spacial score (nSPS) is 11.0. The van der Waals surface area contributed by atoms with Crippen molar-refractivity contribution in [3.05, 3.63) is 18.2 Å². The van der Waals surface area contributed by atoms with Crippen molar-refractivity contribution >= 4 is 0 Å². The van der Waals surface area contributed by atoms with Gasteiger partial charge in [0.25, 0.3) is 5.82 Å². The molecule has 0 N–H and O–H groups in total. The van der Waals surface area contributed by atoms with Gasteiger partial charge in [0.1, 0.15) is 12.4 Å². The lowest BCUT2D eigenvalue weighted by Gasteiger charge is -2.02. The van der Waals surface area contributed by atoms with Gasteiger partial charge in [-0.1, -0.05) is 39.5 Å². The summed E-state index contributed by atoms with van der Waals surface area (Å²) < 4.78 is 4.70. The molecule has 2 heteroatoms. The summed E-state index contributed by atoms with van der Waals surface area (Å²) in [6, 6.07) is 0. The second-order valence-corrected chi connectivity index (χ2v) is 5.04.